The van der Waals surface area contributed by atoms with E-state index in [4.69, 9.17) is 4.18 Å². The molecule has 0 aromatic rings. The van der Waals surface area contributed by atoms with Crippen LogP contribution < -0.4 is 0 Å². The summed E-state index contributed by atoms with van der Waals surface area (Å²) in [5, 5.41) is 0. The van der Waals surface area contributed by atoms with E-state index in [9.17, 15) is 13.2 Å². The lowest BCUT2D eigenvalue weighted by Crippen LogP contribution is -2.26. The zero-order valence-electron chi connectivity index (χ0n) is 14.4. The van der Waals surface area contributed by atoms with Crippen LogP contribution in [-0.4, -0.2) is 34.4 Å². The number of carbonyl (C=O) groups excluding carboxylic acids is 1. The molecule has 1 aliphatic carbocycles. The molecule has 1 rings (SSSR count). The molecule has 0 spiro atoms. The van der Waals surface area contributed by atoms with Crippen molar-refractivity contribution in [3.05, 3.63) is 12.2 Å². The van der Waals surface area contributed by atoms with Gasteiger partial charge in [0.1, 0.15) is 0 Å². The van der Waals surface area contributed by atoms with Gasteiger partial charge in [0.25, 0.3) is 10.1 Å². The summed E-state index contributed by atoms with van der Waals surface area (Å²) >= 11 is 0. The lowest BCUT2D eigenvalue weighted by molar-refractivity contribution is -0.140. The molecule has 1 saturated carbocycles. The van der Waals surface area contributed by atoms with Crippen LogP contribution in [0.15, 0.2) is 12.2 Å². The molecule has 0 amide bonds. The lowest BCUT2D eigenvalue weighted by Gasteiger charge is -2.36. The summed E-state index contributed by atoms with van der Waals surface area (Å²) in [4.78, 5) is 11.0. The van der Waals surface area contributed by atoms with Crippen molar-refractivity contribution in [1.82, 2.24) is 0 Å². The minimum atomic E-state index is -3.36. The third kappa shape index (κ3) is 9.11. The van der Waals surface area contributed by atoms with Crippen LogP contribution in [0.1, 0.15) is 64.2 Å². The van der Waals surface area contributed by atoms with Gasteiger partial charge < -0.3 is 4.74 Å². The molecule has 134 valence electrons. The van der Waals surface area contributed by atoms with Crippen molar-refractivity contribution in [1.29, 1.82) is 0 Å². The van der Waals surface area contributed by atoms with Crippen LogP contribution in [0.2, 0.25) is 0 Å². The van der Waals surface area contributed by atoms with Gasteiger partial charge in [-0.25, -0.2) is 0 Å². The Morgan fingerprint density at radius 2 is 1.87 bits per heavy atom. The minimum absolute atomic E-state index is 0.167. The molecule has 1 fully saturated rings. The predicted molar refractivity (Wildman–Crippen MR) is 90.6 cm³/mol. The van der Waals surface area contributed by atoms with E-state index in [0.29, 0.717) is 6.42 Å². The molecule has 0 heterocycles. The first-order valence-corrected chi connectivity index (χ1v) is 10.2. The van der Waals surface area contributed by atoms with Crippen molar-refractivity contribution in [2.24, 2.45) is 5.41 Å². The summed E-state index contributed by atoms with van der Waals surface area (Å²) < 4.78 is 31.8. The molecule has 5 nitrogen and oxygen atoms in total. The number of unbranched alkanes of at least 4 members (excludes halogenated alkanes) is 1. The molecule has 0 saturated heterocycles. The first-order chi connectivity index (χ1) is 10.9. The van der Waals surface area contributed by atoms with E-state index < -0.39 is 10.1 Å². The standard InChI is InChI=1S/C17H30O5S/c1-21-16(18)10-6-3-4-7-11-17(12-8-5-9-13-17)14-15-22-23(2,19)20/h4,7H,3,5-6,8-15H2,1-2H3/b7-4-. The second-order valence-electron chi connectivity index (χ2n) is 6.48. The molecule has 0 unspecified atom stereocenters. The Labute approximate surface area is 140 Å². The van der Waals surface area contributed by atoms with Crippen LogP contribution in [-0.2, 0) is 23.8 Å². The fraction of sp³-hybridized carbons (Fsp3) is 0.824. The van der Waals surface area contributed by atoms with Crippen molar-refractivity contribution in [2.45, 2.75) is 64.2 Å². The quantitative estimate of drug-likeness (QED) is 0.262. The molecule has 0 aromatic carbocycles. The normalized spacial score (nSPS) is 18.2. The maximum absolute atomic E-state index is 11.1. The van der Waals surface area contributed by atoms with Gasteiger partial charge in [-0.3, -0.25) is 8.98 Å². The molecule has 0 radical (unpaired) electrons. The van der Waals surface area contributed by atoms with Crippen LogP contribution in [0.25, 0.3) is 0 Å². The second kappa shape index (κ2) is 10.1. The molecule has 23 heavy (non-hydrogen) atoms. The number of allylic oxidation sites excluding steroid dienone is 2. The average Bonchev–Trinajstić information content (AvgIpc) is 2.50. The lowest BCUT2D eigenvalue weighted by atomic mass is 9.70. The maximum atomic E-state index is 11.1. The van der Waals surface area contributed by atoms with E-state index in [1.165, 1.54) is 26.4 Å². The summed E-state index contributed by atoms with van der Waals surface area (Å²) in [7, 11) is -1.95. The molecule has 6 heteroatoms. The third-order valence-corrected chi connectivity index (χ3v) is 5.14. The van der Waals surface area contributed by atoms with E-state index in [-0.39, 0.29) is 18.0 Å². The van der Waals surface area contributed by atoms with Crippen molar-refractivity contribution in [2.75, 3.05) is 20.0 Å². The molecule has 0 aliphatic heterocycles. The van der Waals surface area contributed by atoms with Crippen molar-refractivity contribution < 1.29 is 22.1 Å². The molecule has 0 N–H and O–H groups in total. The van der Waals surface area contributed by atoms with E-state index in [0.717, 1.165) is 44.8 Å². The van der Waals surface area contributed by atoms with Gasteiger partial charge in [0.2, 0.25) is 0 Å². The number of esters is 1. The third-order valence-electron chi connectivity index (χ3n) is 4.54. The van der Waals surface area contributed by atoms with Gasteiger partial charge >= 0.3 is 5.97 Å². The van der Waals surface area contributed by atoms with Crippen LogP contribution in [0.3, 0.4) is 0 Å². The van der Waals surface area contributed by atoms with Crippen molar-refractivity contribution >= 4 is 16.1 Å². The summed E-state index contributed by atoms with van der Waals surface area (Å²) in [6.07, 6.45) is 15.2. The van der Waals surface area contributed by atoms with Crippen molar-refractivity contribution in [3.8, 4) is 0 Å². The Morgan fingerprint density at radius 1 is 1.17 bits per heavy atom. The molecule has 0 aromatic heterocycles. The largest absolute Gasteiger partial charge is 0.469 e. The highest BCUT2D eigenvalue weighted by atomic mass is 32.2. The Kier molecular flexibility index (Phi) is 8.84. The average molecular weight is 346 g/mol. The first-order valence-electron chi connectivity index (χ1n) is 8.43. The minimum Gasteiger partial charge on any atom is -0.469 e. The Morgan fingerprint density at radius 3 is 2.48 bits per heavy atom. The highest BCUT2D eigenvalue weighted by Crippen LogP contribution is 2.42. The number of methoxy groups -OCH3 is 1. The Bertz CT molecular complexity index is 475. The van der Waals surface area contributed by atoms with E-state index in [1.54, 1.807) is 0 Å². The number of rotatable bonds is 10. The fourth-order valence-electron chi connectivity index (χ4n) is 3.19. The molecule has 1 aliphatic rings. The van der Waals surface area contributed by atoms with Gasteiger partial charge in [0.15, 0.2) is 0 Å². The van der Waals surface area contributed by atoms with E-state index in [1.807, 2.05) is 0 Å². The van der Waals surface area contributed by atoms with Gasteiger partial charge in [-0.05, 0) is 43.9 Å². The number of hydrogen-bond donors (Lipinski definition) is 0. The van der Waals surface area contributed by atoms with Crippen LogP contribution in [0.4, 0.5) is 0 Å². The summed E-state index contributed by atoms with van der Waals surface area (Å²) in [6, 6.07) is 0. The zero-order chi connectivity index (χ0) is 17.2. The highest BCUT2D eigenvalue weighted by molar-refractivity contribution is 7.85. The fourth-order valence-corrected chi connectivity index (χ4v) is 3.57. The van der Waals surface area contributed by atoms with Crippen LogP contribution in [0, 0.1) is 5.41 Å². The highest BCUT2D eigenvalue weighted by Gasteiger charge is 2.30. The van der Waals surface area contributed by atoms with Crippen molar-refractivity contribution in [3.63, 3.8) is 0 Å². The Hall–Kier alpha value is -0.880. The van der Waals surface area contributed by atoms with Gasteiger partial charge in [-0.1, -0.05) is 31.4 Å². The summed E-state index contributed by atoms with van der Waals surface area (Å²) in [6.45, 7) is 0.273. The molecular weight excluding hydrogens is 316 g/mol. The predicted octanol–water partition coefficient (Wildman–Crippen LogP) is 3.59. The van der Waals surface area contributed by atoms with E-state index in [2.05, 4.69) is 16.9 Å². The number of ether oxygens (including phenoxy) is 1. The molecular formula is C17H30O5S. The topological polar surface area (TPSA) is 69.7 Å². The van der Waals surface area contributed by atoms with Gasteiger partial charge in [0, 0.05) is 6.42 Å². The summed E-state index contributed by atoms with van der Waals surface area (Å²) in [5.74, 6) is -0.167. The second-order valence-corrected chi connectivity index (χ2v) is 8.12. The molecule has 0 atom stereocenters. The smallest absolute Gasteiger partial charge is 0.305 e. The zero-order valence-corrected chi connectivity index (χ0v) is 15.2. The van der Waals surface area contributed by atoms with Crippen LogP contribution >= 0.6 is 0 Å². The van der Waals surface area contributed by atoms with E-state index >= 15 is 0 Å². The van der Waals surface area contributed by atoms with Gasteiger partial charge in [-0.2, -0.15) is 8.42 Å². The first kappa shape index (κ1) is 20.2. The SMILES string of the molecule is COC(=O)CCC/C=C\CC1(CCOS(C)(=O)=O)CCCCC1. The van der Waals surface area contributed by atoms with Gasteiger partial charge in [0.05, 0.1) is 20.0 Å². The maximum Gasteiger partial charge on any atom is 0.305 e. The monoisotopic (exact) mass is 346 g/mol. The molecule has 0 bridgehead atoms. The number of hydrogen-bond acceptors (Lipinski definition) is 5. The van der Waals surface area contributed by atoms with Crippen LogP contribution in [0.5, 0.6) is 0 Å². The number of carbonyl (C=O) groups is 1. The summed E-state index contributed by atoms with van der Waals surface area (Å²) in [5.41, 5.74) is 0.168. The van der Waals surface area contributed by atoms with Gasteiger partial charge in [-0.15, -0.1) is 0 Å². The Balaban J connectivity index is 2.39.